The maximum Gasteiger partial charge on any atom is 0.234 e. The van der Waals surface area contributed by atoms with E-state index in [1.807, 2.05) is 43.3 Å². The Morgan fingerprint density at radius 2 is 1.63 bits per heavy atom. The quantitative estimate of drug-likeness (QED) is 0.644. The van der Waals surface area contributed by atoms with Gasteiger partial charge < -0.3 is 15.4 Å². The topological polar surface area (TPSA) is 70.7 Å². The SMILES string of the molecule is Cc1ccc(NC(=O)CSCC(=O)NCc2ccccc2CN2CCOCC2)cc1. The van der Waals surface area contributed by atoms with Crippen LogP contribution in [0.5, 0.6) is 0 Å². The molecule has 0 aliphatic carbocycles. The highest BCUT2D eigenvalue weighted by Crippen LogP contribution is 2.13. The summed E-state index contributed by atoms with van der Waals surface area (Å²) in [6.07, 6.45) is 0. The highest BCUT2D eigenvalue weighted by atomic mass is 32.2. The zero-order chi connectivity index (χ0) is 21.2. The lowest BCUT2D eigenvalue weighted by Crippen LogP contribution is -2.36. The van der Waals surface area contributed by atoms with Crippen LogP contribution in [0.3, 0.4) is 0 Å². The van der Waals surface area contributed by atoms with Crippen molar-refractivity contribution in [3.63, 3.8) is 0 Å². The van der Waals surface area contributed by atoms with Crippen molar-refractivity contribution in [1.82, 2.24) is 10.2 Å². The number of aryl methyl sites for hydroxylation is 1. The van der Waals surface area contributed by atoms with Gasteiger partial charge in [0.05, 0.1) is 24.7 Å². The second-order valence-corrected chi connectivity index (χ2v) is 8.33. The highest BCUT2D eigenvalue weighted by Gasteiger charge is 2.13. The van der Waals surface area contributed by atoms with E-state index in [9.17, 15) is 9.59 Å². The first-order valence-corrected chi connectivity index (χ1v) is 11.3. The van der Waals surface area contributed by atoms with E-state index in [0.717, 1.165) is 49.7 Å². The molecule has 0 unspecified atom stereocenters. The molecular weight excluding hydrogens is 398 g/mol. The number of amides is 2. The third-order valence-corrected chi connectivity index (χ3v) is 5.83. The Morgan fingerprint density at radius 3 is 2.37 bits per heavy atom. The van der Waals surface area contributed by atoms with Crippen LogP contribution in [0, 0.1) is 6.92 Å². The molecule has 0 radical (unpaired) electrons. The second-order valence-electron chi connectivity index (χ2n) is 7.34. The van der Waals surface area contributed by atoms with E-state index in [4.69, 9.17) is 4.74 Å². The Kier molecular flexibility index (Phi) is 8.74. The van der Waals surface area contributed by atoms with Gasteiger partial charge in [0.1, 0.15) is 0 Å². The number of carbonyl (C=O) groups excluding carboxylic acids is 2. The van der Waals surface area contributed by atoms with Crippen molar-refractivity contribution in [3.05, 3.63) is 65.2 Å². The first-order chi connectivity index (χ1) is 14.6. The number of morpholine rings is 1. The van der Waals surface area contributed by atoms with E-state index < -0.39 is 0 Å². The van der Waals surface area contributed by atoms with E-state index >= 15 is 0 Å². The number of benzene rings is 2. The summed E-state index contributed by atoms with van der Waals surface area (Å²) >= 11 is 1.31. The summed E-state index contributed by atoms with van der Waals surface area (Å²) in [6.45, 7) is 6.77. The molecular formula is C23H29N3O3S. The number of anilines is 1. The van der Waals surface area contributed by atoms with Crippen LogP contribution in [0.25, 0.3) is 0 Å². The zero-order valence-corrected chi connectivity index (χ0v) is 18.2. The summed E-state index contributed by atoms with van der Waals surface area (Å²) in [5.41, 5.74) is 4.27. The van der Waals surface area contributed by atoms with Crippen molar-refractivity contribution in [1.29, 1.82) is 0 Å². The molecule has 3 rings (SSSR count). The third kappa shape index (κ3) is 7.48. The van der Waals surface area contributed by atoms with Crippen LogP contribution in [-0.2, 0) is 27.4 Å². The molecule has 1 heterocycles. The van der Waals surface area contributed by atoms with E-state index in [0.29, 0.717) is 6.54 Å². The Bertz CT molecular complexity index is 836. The first-order valence-electron chi connectivity index (χ1n) is 10.2. The molecule has 2 amide bonds. The van der Waals surface area contributed by atoms with Crippen LogP contribution in [0.2, 0.25) is 0 Å². The minimum Gasteiger partial charge on any atom is -0.379 e. The Morgan fingerprint density at radius 1 is 0.967 bits per heavy atom. The first kappa shape index (κ1) is 22.3. The minimum absolute atomic E-state index is 0.0655. The average molecular weight is 428 g/mol. The van der Waals surface area contributed by atoms with Gasteiger partial charge in [0.25, 0.3) is 0 Å². The predicted octanol–water partition coefficient (Wildman–Crippen LogP) is 2.82. The van der Waals surface area contributed by atoms with E-state index in [1.165, 1.54) is 17.3 Å². The predicted molar refractivity (Wildman–Crippen MR) is 122 cm³/mol. The smallest absolute Gasteiger partial charge is 0.234 e. The monoisotopic (exact) mass is 427 g/mol. The van der Waals surface area contributed by atoms with Gasteiger partial charge >= 0.3 is 0 Å². The van der Waals surface area contributed by atoms with Crippen molar-refractivity contribution in [2.24, 2.45) is 0 Å². The van der Waals surface area contributed by atoms with Crippen molar-refractivity contribution in [2.45, 2.75) is 20.0 Å². The molecule has 2 aromatic carbocycles. The summed E-state index contributed by atoms with van der Waals surface area (Å²) in [4.78, 5) is 26.6. The molecule has 0 atom stereocenters. The second kappa shape index (κ2) is 11.7. The number of thioether (sulfide) groups is 1. The number of rotatable bonds is 9. The Balaban J connectivity index is 1.38. The van der Waals surface area contributed by atoms with Gasteiger partial charge in [-0.2, -0.15) is 0 Å². The maximum atomic E-state index is 12.2. The fourth-order valence-electron chi connectivity index (χ4n) is 3.20. The van der Waals surface area contributed by atoms with Gasteiger partial charge in [-0.05, 0) is 30.2 Å². The van der Waals surface area contributed by atoms with Crippen LogP contribution in [0.4, 0.5) is 5.69 Å². The molecule has 0 saturated carbocycles. The molecule has 7 heteroatoms. The van der Waals surface area contributed by atoms with Crippen LogP contribution < -0.4 is 10.6 Å². The zero-order valence-electron chi connectivity index (χ0n) is 17.4. The van der Waals surface area contributed by atoms with Crippen LogP contribution in [0.1, 0.15) is 16.7 Å². The average Bonchev–Trinajstić information content (AvgIpc) is 2.75. The van der Waals surface area contributed by atoms with Crippen molar-refractivity contribution < 1.29 is 14.3 Å². The van der Waals surface area contributed by atoms with Crippen molar-refractivity contribution in [3.8, 4) is 0 Å². The molecule has 0 bridgehead atoms. The van der Waals surface area contributed by atoms with Gasteiger partial charge in [-0.25, -0.2) is 0 Å². The third-order valence-electron chi connectivity index (χ3n) is 4.89. The summed E-state index contributed by atoms with van der Waals surface area (Å²) in [5.74, 6) is 0.332. The molecule has 2 N–H and O–H groups in total. The molecule has 6 nitrogen and oxygen atoms in total. The molecule has 1 aliphatic heterocycles. The van der Waals surface area contributed by atoms with Gasteiger partial charge in [-0.1, -0.05) is 42.0 Å². The molecule has 1 fully saturated rings. The number of nitrogens with zero attached hydrogens (tertiary/aromatic N) is 1. The number of carbonyl (C=O) groups is 2. The lowest BCUT2D eigenvalue weighted by atomic mass is 10.1. The molecule has 1 saturated heterocycles. The fraction of sp³-hybridized carbons (Fsp3) is 0.391. The molecule has 0 spiro atoms. The highest BCUT2D eigenvalue weighted by molar-refractivity contribution is 8.00. The summed E-state index contributed by atoms with van der Waals surface area (Å²) in [7, 11) is 0. The van der Waals surface area contributed by atoms with E-state index in [1.54, 1.807) is 0 Å². The van der Waals surface area contributed by atoms with Crippen molar-refractivity contribution in [2.75, 3.05) is 43.1 Å². The standard InChI is InChI=1S/C23H29N3O3S/c1-18-6-8-21(9-7-18)25-23(28)17-30-16-22(27)24-14-19-4-2-3-5-20(19)15-26-10-12-29-13-11-26/h2-9H,10-17H2,1H3,(H,24,27)(H,25,28). The number of hydrogen-bond acceptors (Lipinski definition) is 5. The number of hydrogen-bond donors (Lipinski definition) is 2. The largest absolute Gasteiger partial charge is 0.379 e. The van der Waals surface area contributed by atoms with E-state index in [-0.39, 0.29) is 23.3 Å². The minimum atomic E-state index is -0.104. The van der Waals surface area contributed by atoms with E-state index in [2.05, 4.69) is 27.7 Å². The molecule has 30 heavy (non-hydrogen) atoms. The molecule has 1 aliphatic rings. The van der Waals surface area contributed by atoms with Gasteiger partial charge in [-0.3, -0.25) is 14.5 Å². The van der Waals surface area contributed by atoms with Crippen molar-refractivity contribution >= 4 is 29.3 Å². The van der Waals surface area contributed by atoms with Crippen LogP contribution in [0.15, 0.2) is 48.5 Å². The lowest BCUT2D eigenvalue weighted by molar-refractivity contribution is -0.118. The lowest BCUT2D eigenvalue weighted by Gasteiger charge is -2.27. The number of ether oxygens (including phenoxy) is 1. The molecule has 0 aromatic heterocycles. The summed E-state index contributed by atoms with van der Waals surface area (Å²) < 4.78 is 5.41. The Labute approximate surface area is 182 Å². The normalized spacial score (nSPS) is 14.3. The van der Waals surface area contributed by atoms with Gasteiger partial charge in [0.2, 0.25) is 11.8 Å². The summed E-state index contributed by atoms with van der Waals surface area (Å²) in [6, 6.07) is 15.8. The molecule has 2 aromatic rings. The molecule has 160 valence electrons. The summed E-state index contributed by atoms with van der Waals surface area (Å²) in [5, 5.41) is 5.81. The van der Waals surface area contributed by atoms with Gasteiger partial charge in [0.15, 0.2) is 0 Å². The van der Waals surface area contributed by atoms with Gasteiger partial charge in [-0.15, -0.1) is 11.8 Å². The number of nitrogens with one attached hydrogen (secondary N) is 2. The van der Waals surface area contributed by atoms with Crippen LogP contribution >= 0.6 is 11.8 Å². The Hall–Kier alpha value is -2.35. The maximum absolute atomic E-state index is 12.2. The van der Waals surface area contributed by atoms with Gasteiger partial charge in [0, 0.05) is 31.9 Å². The van der Waals surface area contributed by atoms with Crippen LogP contribution in [-0.4, -0.2) is 54.5 Å². The fourth-order valence-corrected chi connectivity index (χ4v) is 3.85.